The number of halogens is 1. The van der Waals surface area contributed by atoms with Gasteiger partial charge in [0, 0.05) is 4.83 Å². The van der Waals surface area contributed by atoms with Crippen molar-refractivity contribution >= 4 is 15.9 Å². The van der Waals surface area contributed by atoms with Crippen LogP contribution in [0.25, 0.3) is 0 Å². The summed E-state index contributed by atoms with van der Waals surface area (Å²) in [6.07, 6.45) is 4.23. The van der Waals surface area contributed by atoms with Crippen molar-refractivity contribution in [1.82, 2.24) is 0 Å². The van der Waals surface area contributed by atoms with E-state index in [0.717, 1.165) is 0 Å². The van der Waals surface area contributed by atoms with Crippen molar-refractivity contribution in [2.75, 3.05) is 0 Å². The summed E-state index contributed by atoms with van der Waals surface area (Å²) in [7, 11) is 0. The highest BCUT2D eigenvalue weighted by Gasteiger charge is 2.01. The highest BCUT2D eigenvalue weighted by atomic mass is 79.9. The lowest BCUT2D eigenvalue weighted by atomic mass is 10.1. The van der Waals surface area contributed by atoms with Crippen LogP contribution in [0.1, 0.15) is 20.8 Å². The molecule has 0 rings (SSSR count). The second-order valence-corrected chi connectivity index (χ2v) is 3.27. The number of hydrogen-bond donors (Lipinski definition) is 0. The van der Waals surface area contributed by atoms with Gasteiger partial charge < -0.3 is 0 Å². The summed E-state index contributed by atoms with van der Waals surface area (Å²) >= 11 is 3.52. The normalized spacial score (nSPS) is 15.6. The van der Waals surface area contributed by atoms with Gasteiger partial charge in [-0.15, -0.1) is 0 Å². The minimum Gasteiger partial charge on any atom is -0.0905 e. The molecule has 48 valence electrons. The van der Waals surface area contributed by atoms with E-state index in [-0.39, 0.29) is 0 Å². The van der Waals surface area contributed by atoms with Gasteiger partial charge in [0.15, 0.2) is 0 Å². The predicted molar refractivity (Wildman–Crippen MR) is 42.4 cm³/mol. The van der Waals surface area contributed by atoms with E-state index in [1.165, 1.54) is 0 Å². The van der Waals surface area contributed by atoms with Gasteiger partial charge in [0.25, 0.3) is 0 Å². The second-order valence-electron chi connectivity index (χ2n) is 2.21. The van der Waals surface area contributed by atoms with Crippen molar-refractivity contribution in [3.8, 4) is 0 Å². The SMILES string of the molecule is C/C=C/C(Br)C(C)C. The van der Waals surface area contributed by atoms with E-state index in [2.05, 4.69) is 41.9 Å². The molecule has 0 amide bonds. The summed E-state index contributed by atoms with van der Waals surface area (Å²) in [6, 6.07) is 0. The first-order chi connectivity index (χ1) is 3.68. The smallest absolute Gasteiger partial charge is 0.0348 e. The lowest BCUT2D eigenvalue weighted by Crippen LogP contribution is -2.01. The quantitative estimate of drug-likeness (QED) is 0.449. The first-order valence-corrected chi connectivity index (χ1v) is 3.87. The fourth-order valence-electron chi connectivity index (χ4n) is 0.406. The Kier molecular flexibility index (Phi) is 4.25. The zero-order valence-corrected chi connectivity index (χ0v) is 7.27. The minimum atomic E-state index is 0.549. The maximum atomic E-state index is 3.52. The van der Waals surface area contributed by atoms with Gasteiger partial charge in [-0.05, 0) is 12.8 Å². The molecule has 1 unspecified atom stereocenters. The standard InChI is InChI=1S/C7H13Br/c1-4-5-7(8)6(2)3/h4-7H,1-3H3/b5-4+. The van der Waals surface area contributed by atoms with Crippen LogP contribution in [-0.2, 0) is 0 Å². The first-order valence-electron chi connectivity index (χ1n) is 2.95. The predicted octanol–water partition coefficient (Wildman–Crippen LogP) is 2.98. The van der Waals surface area contributed by atoms with E-state index in [1.807, 2.05) is 6.92 Å². The van der Waals surface area contributed by atoms with Crippen molar-refractivity contribution in [3.05, 3.63) is 12.2 Å². The molecule has 0 aromatic heterocycles. The van der Waals surface area contributed by atoms with E-state index in [0.29, 0.717) is 10.7 Å². The molecule has 0 saturated heterocycles. The molecular formula is C7H13Br. The molecule has 0 fully saturated rings. The monoisotopic (exact) mass is 176 g/mol. The topological polar surface area (TPSA) is 0 Å². The van der Waals surface area contributed by atoms with E-state index >= 15 is 0 Å². The Morgan fingerprint density at radius 2 is 1.88 bits per heavy atom. The summed E-state index contributed by atoms with van der Waals surface area (Å²) in [5.74, 6) is 0.700. The van der Waals surface area contributed by atoms with E-state index in [4.69, 9.17) is 0 Å². The van der Waals surface area contributed by atoms with Crippen LogP contribution in [0.4, 0.5) is 0 Å². The van der Waals surface area contributed by atoms with Crippen LogP contribution in [0, 0.1) is 5.92 Å². The Balaban J connectivity index is 3.47. The van der Waals surface area contributed by atoms with Gasteiger partial charge in [-0.25, -0.2) is 0 Å². The lowest BCUT2D eigenvalue weighted by molar-refractivity contribution is 0.686. The van der Waals surface area contributed by atoms with Gasteiger partial charge in [-0.3, -0.25) is 0 Å². The molecule has 0 aliphatic heterocycles. The number of alkyl halides is 1. The number of rotatable bonds is 2. The maximum absolute atomic E-state index is 3.52. The van der Waals surface area contributed by atoms with Crippen LogP contribution in [0.5, 0.6) is 0 Å². The molecule has 8 heavy (non-hydrogen) atoms. The third kappa shape index (κ3) is 3.25. The van der Waals surface area contributed by atoms with Crippen molar-refractivity contribution in [2.24, 2.45) is 5.92 Å². The molecule has 0 heterocycles. The van der Waals surface area contributed by atoms with Gasteiger partial charge >= 0.3 is 0 Å². The number of allylic oxidation sites excluding steroid dienone is 2. The van der Waals surface area contributed by atoms with Crippen LogP contribution in [0.2, 0.25) is 0 Å². The summed E-state index contributed by atoms with van der Waals surface area (Å²) in [4.78, 5) is 0.549. The maximum Gasteiger partial charge on any atom is 0.0348 e. The fourth-order valence-corrected chi connectivity index (χ4v) is 0.711. The Morgan fingerprint density at radius 3 is 2.00 bits per heavy atom. The third-order valence-electron chi connectivity index (χ3n) is 1.01. The van der Waals surface area contributed by atoms with Crippen molar-refractivity contribution in [1.29, 1.82) is 0 Å². The lowest BCUT2D eigenvalue weighted by Gasteiger charge is -2.06. The van der Waals surface area contributed by atoms with Crippen molar-refractivity contribution in [2.45, 2.75) is 25.6 Å². The van der Waals surface area contributed by atoms with Gasteiger partial charge in [0.2, 0.25) is 0 Å². The van der Waals surface area contributed by atoms with Crippen molar-refractivity contribution in [3.63, 3.8) is 0 Å². The van der Waals surface area contributed by atoms with Gasteiger partial charge in [-0.1, -0.05) is 41.9 Å². The average Bonchev–Trinajstić information content (AvgIpc) is 1.67. The number of hydrogen-bond acceptors (Lipinski definition) is 0. The van der Waals surface area contributed by atoms with Crippen LogP contribution >= 0.6 is 15.9 Å². The Hall–Kier alpha value is 0.220. The first kappa shape index (κ1) is 8.22. The largest absolute Gasteiger partial charge is 0.0905 e. The average molecular weight is 177 g/mol. The molecule has 0 spiro atoms. The van der Waals surface area contributed by atoms with E-state index in [9.17, 15) is 0 Å². The molecule has 0 aliphatic rings. The van der Waals surface area contributed by atoms with E-state index in [1.54, 1.807) is 0 Å². The van der Waals surface area contributed by atoms with Gasteiger partial charge in [-0.2, -0.15) is 0 Å². The van der Waals surface area contributed by atoms with Crippen LogP contribution < -0.4 is 0 Å². The summed E-state index contributed by atoms with van der Waals surface area (Å²) in [5.41, 5.74) is 0. The Bertz CT molecular complexity index is 74.5. The van der Waals surface area contributed by atoms with Crippen molar-refractivity contribution < 1.29 is 0 Å². The Morgan fingerprint density at radius 1 is 1.38 bits per heavy atom. The molecule has 0 aliphatic carbocycles. The Labute approximate surface area is 60.1 Å². The summed E-state index contributed by atoms with van der Waals surface area (Å²) in [5, 5.41) is 0. The molecule has 1 heteroatoms. The molecule has 0 aromatic carbocycles. The zero-order valence-electron chi connectivity index (χ0n) is 5.69. The van der Waals surface area contributed by atoms with Gasteiger partial charge in [0.1, 0.15) is 0 Å². The highest BCUT2D eigenvalue weighted by Crippen LogP contribution is 2.12. The van der Waals surface area contributed by atoms with Gasteiger partial charge in [0.05, 0.1) is 0 Å². The molecule has 0 N–H and O–H groups in total. The van der Waals surface area contributed by atoms with Crippen LogP contribution in [0.15, 0.2) is 12.2 Å². The minimum absolute atomic E-state index is 0.549. The fraction of sp³-hybridized carbons (Fsp3) is 0.714. The third-order valence-corrected chi connectivity index (χ3v) is 2.38. The molecule has 0 saturated carbocycles. The molecule has 0 bridgehead atoms. The summed E-state index contributed by atoms with van der Waals surface area (Å²) in [6.45, 7) is 6.43. The summed E-state index contributed by atoms with van der Waals surface area (Å²) < 4.78 is 0. The second kappa shape index (κ2) is 4.13. The molecular weight excluding hydrogens is 164 g/mol. The van der Waals surface area contributed by atoms with Crippen LogP contribution in [-0.4, -0.2) is 4.83 Å². The highest BCUT2D eigenvalue weighted by molar-refractivity contribution is 9.09. The molecule has 0 nitrogen and oxygen atoms in total. The van der Waals surface area contributed by atoms with Crippen LogP contribution in [0.3, 0.4) is 0 Å². The zero-order chi connectivity index (χ0) is 6.57. The molecule has 0 radical (unpaired) electrons. The molecule has 0 aromatic rings. The molecule has 1 atom stereocenters. The van der Waals surface area contributed by atoms with E-state index < -0.39 is 0 Å².